The van der Waals surface area contributed by atoms with E-state index in [9.17, 15) is 4.79 Å². The fourth-order valence-electron chi connectivity index (χ4n) is 3.21. The molecule has 0 bridgehead atoms. The van der Waals surface area contributed by atoms with Gasteiger partial charge in [0.15, 0.2) is 5.69 Å². The van der Waals surface area contributed by atoms with Crippen LogP contribution in [-0.2, 0) is 6.54 Å². The highest BCUT2D eigenvalue weighted by Crippen LogP contribution is 2.22. The summed E-state index contributed by atoms with van der Waals surface area (Å²) in [6.07, 6.45) is 3.78. The van der Waals surface area contributed by atoms with E-state index in [1.54, 1.807) is 6.20 Å². The molecule has 2 aromatic heterocycles. The van der Waals surface area contributed by atoms with Gasteiger partial charge in [0.05, 0.1) is 17.9 Å². The molecule has 7 nitrogen and oxygen atoms in total. The molecule has 3 rings (SSSR count). The summed E-state index contributed by atoms with van der Waals surface area (Å²) in [5, 5.41) is 11.1. The number of aromatic nitrogens is 4. The lowest BCUT2D eigenvalue weighted by Gasteiger charge is -2.31. The normalized spacial score (nSPS) is 16.2. The molecular formula is C19H28N6O. The van der Waals surface area contributed by atoms with E-state index in [1.807, 2.05) is 17.7 Å². The third kappa shape index (κ3) is 4.88. The highest BCUT2D eigenvalue weighted by molar-refractivity contribution is 5.91. The fourth-order valence-corrected chi connectivity index (χ4v) is 3.21. The molecule has 0 spiro atoms. The largest absolute Gasteiger partial charge is 0.350 e. The van der Waals surface area contributed by atoms with Crippen LogP contribution in [0.25, 0.3) is 0 Å². The maximum Gasteiger partial charge on any atom is 0.273 e. The maximum absolute atomic E-state index is 12.1. The number of hydrogen-bond acceptors (Lipinski definition) is 5. The second kappa shape index (κ2) is 8.40. The van der Waals surface area contributed by atoms with E-state index < -0.39 is 0 Å². The zero-order valence-corrected chi connectivity index (χ0v) is 15.9. The van der Waals surface area contributed by atoms with Crippen LogP contribution in [0.2, 0.25) is 0 Å². The highest BCUT2D eigenvalue weighted by Gasteiger charge is 2.23. The van der Waals surface area contributed by atoms with Crippen molar-refractivity contribution in [2.24, 2.45) is 5.92 Å². The zero-order valence-electron chi connectivity index (χ0n) is 15.9. The molecule has 1 N–H and O–H groups in total. The zero-order chi connectivity index (χ0) is 18.5. The topological polar surface area (TPSA) is 75.9 Å². The summed E-state index contributed by atoms with van der Waals surface area (Å²) in [7, 11) is 0. The lowest BCUT2D eigenvalue weighted by molar-refractivity contribution is 0.0944. The number of carbonyl (C=O) groups is 1. The Hall–Kier alpha value is -2.28. The quantitative estimate of drug-likeness (QED) is 0.859. The minimum atomic E-state index is -0.145. The molecule has 1 fully saturated rings. The number of likely N-dealkylation sites (tertiary alicyclic amines) is 1. The van der Waals surface area contributed by atoms with Gasteiger partial charge in [0.2, 0.25) is 0 Å². The second-order valence-corrected chi connectivity index (χ2v) is 7.47. The molecule has 0 radical (unpaired) electrons. The molecule has 0 unspecified atom stereocenters. The molecule has 0 aliphatic carbocycles. The van der Waals surface area contributed by atoms with Gasteiger partial charge in [-0.05, 0) is 37.8 Å². The fraction of sp³-hybridized carbons (Fsp3) is 0.579. The molecular weight excluding hydrogens is 328 g/mol. The van der Waals surface area contributed by atoms with Crippen molar-refractivity contribution in [2.45, 2.75) is 46.2 Å². The molecule has 2 aromatic rings. The highest BCUT2D eigenvalue weighted by atomic mass is 16.2. The van der Waals surface area contributed by atoms with Crippen molar-refractivity contribution in [3.05, 3.63) is 41.5 Å². The Bertz CT molecular complexity index is 733. The number of pyridine rings is 1. The van der Waals surface area contributed by atoms with E-state index >= 15 is 0 Å². The number of piperidine rings is 1. The Kier molecular flexibility index (Phi) is 5.98. The van der Waals surface area contributed by atoms with Gasteiger partial charge in [0.25, 0.3) is 5.91 Å². The van der Waals surface area contributed by atoms with Crippen molar-refractivity contribution < 1.29 is 4.79 Å². The SMILES string of the molecule is Cc1cccc(CN2CCC(n3cc(C(=O)NCC(C)C)nn3)CC2)n1. The molecule has 140 valence electrons. The van der Waals surface area contributed by atoms with E-state index in [0.717, 1.165) is 43.9 Å². The third-order valence-corrected chi connectivity index (χ3v) is 4.68. The maximum atomic E-state index is 12.1. The van der Waals surface area contributed by atoms with Crippen LogP contribution in [0.4, 0.5) is 0 Å². The molecule has 1 amide bonds. The molecule has 0 atom stereocenters. The molecule has 7 heteroatoms. The summed E-state index contributed by atoms with van der Waals surface area (Å²) >= 11 is 0. The summed E-state index contributed by atoms with van der Waals surface area (Å²) in [5.74, 6) is 0.272. The minimum Gasteiger partial charge on any atom is -0.350 e. The van der Waals surface area contributed by atoms with Gasteiger partial charge in [0, 0.05) is 31.9 Å². The van der Waals surface area contributed by atoms with E-state index in [4.69, 9.17) is 0 Å². The van der Waals surface area contributed by atoms with Gasteiger partial charge < -0.3 is 5.32 Å². The van der Waals surface area contributed by atoms with Gasteiger partial charge in [-0.1, -0.05) is 25.1 Å². The van der Waals surface area contributed by atoms with Gasteiger partial charge in [0.1, 0.15) is 0 Å². The van der Waals surface area contributed by atoms with Crippen LogP contribution in [0.15, 0.2) is 24.4 Å². The number of rotatable bonds is 6. The Balaban J connectivity index is 1.51. The number of nitrogens with zero attached hydrogens (tertiary/aromatic N) is 5. The number of aryl methyl sites for hydroxylation is 1. The van der Waals surface area contributed by atoms with Crippen LogP contribution in [-0.4, -0.2) is 50.4 Å². The number of hydrogen-bond donors (Lipinski definition) is 1. The third-order valence-electron chi connectivity index (χ3n) is 4.68. The molecule has 0 saturated carbocycles. The summed E-state index contributed by atoms with van der Waals surface area (Å²) in [6, 6.07) is 6.47. The molecule has 1 aliphatic rings. The van der Waals surface area contributed by atoms with Crippen LogP contribution >= 0.6 is 0 Å². The average Bonchev–Trinajstić information content (AvgIpc) is 3.10. The standard InChI is InChI=1S/C19H28N6O/c1-14(2)11-20-19(26)18-13-25(23-22-18)17-7-9-24(10-8-17)12-16-6-4-5-15(3)21-16/h4-6,13-14,17H,7-12H2,1-3H3,(H,20,26). The summed E-state index contributed by atoms with van der Waals surface area (Å²) in [6.45, 7) is 9.68. The van der Waals surface area contributed by atoms with Crippen molar-refractivity contribution in [3.8, 4) is 0 Å². The Labute approximate surface area is 154 Å². The van der Waals surface area contributed by atoms with Gasteiger partial charge in [-0.15, -0.1) is 5.10 Å². The van der Waals surface area contributed by atoms with E-state index in [2.05, 4.69) is 51.5 Å². The van der Waals surface area contributed by atoms with Crippen LogP contribution in [0.5, 0.6) is 0 Å². The minimum absolute atomic E-state index is 0.145. The molecule has 3 heterocycles. The van der Waals surface area contributed by atoms with Crippen LogP contribution < -0.4 is 5.32 Å². The number of amides is 1. The summed E-state index contributed by atoms with van der Waals surface area (Å²) in [5.41, 5.74) is 2.58. The lowest BCUT2D eigenvalue weighted by atomic mass is 10.1. The van der Waals surface area contributed by atoms with Crippen LogP contribution in [0.1, 0.15) is 54.6 Å². The Morgan fingerprint density at radius 1 is 1.31 bits per heavy atom. The molecule has 1 aliphatic heterocycles. The second-order valence-electron chi connectivity index (χ2n) is 7.47. The Morgan fingerprint density at radius 2 is 2.08 bits per heavy atom. The van der Waals surface area contributed by atoms with Crippen molar-refractivity contribution >= 4 is 5.91 Å². The molecule has 1 saturated heterocycles. The number of carbonyl (C=O) groups excluding carboxylic acids is 1. The lowest BCUT2D eigenvalue weighted by Crippen LogP contribution is -2.34. The van der Waals surface area contributed by atoms with Crippen molar-refractivity contribution in [2.75, 3.05) is 19.6 Å². The van der Waals surface area contributed by atoms with E-state index in [0.29, 0.717) is 24.2 Å². The van der Waals surface area contributed by atoms with Gasteiger partial charge in [-0.3, -0.25) is 14.7 Å². The first-order valence-electron chi connectivity index (χ1n) is 9.36. The van der Waals surface area contributed by atoms with Gasteiger partial charge in [-0.2, -0.15) is 0 Å². The van der Waals surface area contributed by atoms with Gasteiger partial charge >= 0.3 is 0 Å². The van der Waals surface area contributed by atoms with Gasteiger partial charge in [-0.25, -0.2) is 4.68 Å². The summed E-state index contributed by atoms with van der Waals surface area (Å²) in [4.78, 5) is 19.1. The van der Waals surface area contributed by atoms with Crippen LogP contribution in [0.3, 0.4) is 0 Å². The van der Waals surface area contributed by atoms with E-state index in [1.165, 1.54) is 0 Å². The average molecular weight is 356 g/mol. The predicted molar refractivity (Wildman–Crippen MR) is 99.7 cm³/mol. The first kappa shape index (κ1) is 18.5. The first-order valence-corrected chi connectivity index (χ1v) is 9.36. The van der Waals surface area contributed by atoms with E-state index in [-0.39, 0.29) is 5.91 Å². The van der Waals surface area contributed by atoms with Crippen molar-refractivity contribution in [1.29, 1.82) is 0 Å². The van der Waals surface area contributed by atoms with Crippen molar-refractivity contribution in [1.82, 2.24) is 30.2 Å². The molecule has 26 heavy (non-hydrogen) atoms. The molecule has 0 aromatic carbocycles. The van der Waals surface area contributed by atoms with Crippen molar-refractivity contribution in [3.63, 3.8) is 0 Å². The predicted octanol–water partition coefficient (Wildman–Crippen LogP) is 2.20. The van der Waals surface area contributed by atoms with Crippen LogP contribution in [0, 0.1) is 12.8 Å². The monoisotopic (exact) mass is 356 g/mol. The first-order chi connectivity index (χ1) is 12.5. The summed E-state index contributed by atoms with van der Waals surface area (Å²) < 4.78 is 1.85. The smallest absolute Gasteiger partial charge is 0.273 e. The Morgan fingerprint density at radius 3 is 2.77 bits per heavy atom. The number of nitrogens with one attached hydrogen (secondary N) is 1.